The summed E-state index contributed by atoms with van der Waals surface area (Å²) in [5.41, 5.74) is 0.801. The zero-order chi connectivity index (χ0) is 11.2. The highest BCUT2D eigenvalue weighted by Crippen LogP contribution is 2.38. The van der Waals surface area contributed by atoms with Gasteiger partial charge in [0, 0.05) is 12.0 Å². The minimum atomic E-state index is -0.534. The molecule has 4 nitrogen and oxygen atoms in total. The first-order valence-electron chi connectivity index (χ1n) is 4.77. The average molecular weight is 208 g/mol. The lowest BCUT2D eigenvalue weighted by molar-refractivity contribution is 0.0236. The van der Waals surface area contributed by atoms with Gasteiger partial charge in [0.05, 0.1) is 0 Å². The number of phenolic OH excluding ortho intramolecular Hbond substituents is 2. The average Bonchev–Trinajstić information content (AvgIpc) is 2.12. The van der Waals surface area contributed by atoms with Crippen LogP contribution >= 0.6 is 0 Å². The van der Waals surface area contributed by atoms with E-state index < -0.39 is 5.97 Å². The van der Waals surface area contributed by atoms with Crippen LogP contribution in [0.25, 0.3) is 0 Å². The molecule has 1 aliphatic rings. The first-order valence-corrected chi connectivity index (χ1v) is 4.77. The van der Waals surface area contributed by atoms with Crippen LogP contribution < -0.4 is 0 Å². The predicted octanol–water partition coefficient (Wildman–Crippen LogP) is 1.76. The van der Waals surface area contributed by atoms with Crippen LogP contribution in [0.4, 0.5) is 0 Å². The topological polar surface area (TPSA) is 66.8 Å². The molecule has 0 saturated carbocycles. The highest BCUT2D eigenvalue weighted by molar-refractivity contribution is 5.95. The molecule has 1 heterocycles. The summed E-state index contributed by atoms with van der Waals surface area (Å²) in [5.74, 6) is -0.836. The van der Waals surface area contributed by atoms with Gasteiger partial charge in [-0.15, -0.1) is 0 Å². The standard InChI is InChI=1S/C11H12O4/c1-5-6(2)15-11(14)10-8(5)3-7(12)4-9(10)13/h3-6,12-13H,1-2H3. The van der Waals surface area contributed by atoms with E-state index in [1.54, 1.807) is 6.92 Å². The molecule has 0 saturated heterocycles. The molecular formula is C11H12O4. The van der Waals surface area contributed by atoms with Gasteiger partial charge in [-0.3, -0.25) is 0 Å². The van der Waals surface area contributed by atoms with Crippen LogP contribution in [0.15, 0.2) is 12.1 Å². The highest BCUT2D eigenvalue weighted by Gasteiger charge is 2.32. The summed E-state index contributed by atoms with van der Waals surface area (Å²) in [5, 5.41) is 18.9. The smallest absolute Gasteiger partial charge is 0.342 e. The zero-order valence-electron chi connectivity index (χ0n) is 8.52. The van der Waals surface area contributed by atoms with Gasteiger partial charge in [-0.25, -0.2) is 4.79 Å². The van der Waals surface area contributed by atoms with Crippen LogP contribution in [-0.4, -0.2) is 22.3 Å². The van der Waals surface area contributed by atoms with Crippen LogP contribution in [0.1, 0.15) is 35.7 Å². The van der Waals surface area contributed by atoms with E-state index in [0.29, 0.717) is 5.56 Å². The third-order valence-corrected chi connectivity index (χ3v) is 2.82. The van der Waals surface area contributed by atoms with Gasteiger partial charge in [-0.1, -0.05) is 6.92 Å². The summed E-state index contributed by atoms with van der Waals surface area (Å²) in [7, 11) is 0. The van der Waals surface area contributed by atoms with E-state index in [4.69, 9.17) is 4.74 Å². The van der Waals surface area contributed by atoms with Gasteiger partial charge in [0.2, 0.25) is 0 Å². The van der Waals surface area contributed by atoms with Crippen LogP contribution in [-0.2, 0) is 4.74 Å². The van der Waals surface area contributed by atoms with E-state index in [1.165, 1.54) is 6.07 Å². The molecule has 80 valence electrons. The third-order valence-electron chi connectivity index (χ3n) is 2.82. The molecule has 0 radical (unpaired) electrons. The van der Waals surface area contributed by atoms with Crippen molar-refractivity contribution in [3.63, 3.8) is 0 Å². The number of fused-ring (bicyclic) bond motifs is 1. The molecule has 0 bridgehead atoms. The molecule has 0 aliphatic carbocycles. The molecule has 2 unspecified atom stereocenters. The maximum Gasteiger partial charge on any atom is 0.342 e. The van der Waals surface area contributed by atoms with Crippen LogP contribution in [0.3, 0.4) is 0 Å². The predicted molar refractivity (Wildman–Crippen MR) is 53.1 cm³/mol. The monoisotopic (exact) mass is 208 g/mol. The fourth-order valence-electron chi connectivity index (χ4n) is 1.80. The molecule has 2 N–H and O–H groups in total. The van der Waals surface area contributed by atoms with Crippen molar-refractivity contribution in [3.05, 3.63) is 23.3 Å². The molecule has 0 aromatic heterocycles. The van der Waals surface area contributed by atoms with E-state index >= 15 is 0 Å². The normalized spacial score (nSPS) is 24.5. The number of rotatable bonds is 0. The van der Waals surface area contributed by atoms with Crippen LogP contribution in [0.2, 0.25) is 0 Å². The Morgan fingerprint density at radius 3 is 2.60 bits per heavy atom. The van der Waals surface area contributed by atoms with Crippen molar-refractivity contribution in [1.29, 1.82) is 0 Å². The maximum atomic E-state index is 11.5. The summed E-state index contributed by atoms with van der Waals surface area (Å²) in [4.78, 5) is 11.5. The molecule has 15 heavy (non-hydrogen) atoms. The van der Waals surface area contributed by atoms with E-state index in [1.807, 2.05) is 6.92 Å². The molecule has 1 aliphatic heterocycles. The van der Waals surface area contributed by atoms with E-state index in [0.717, 1.165) is 6.07 Å². The van der Waals surface area contributed by atoms with Gasteiger partial charge in [0.25, 0.3) is 0 Å². The number of cyclic esters (lactones) is 1. The number of aromatic hydroxyl groups is 2. The largest absolute Gasteiger partial charge is 0.508 e. The number of benzene rings is 1. The van der Waals surface area contributed by atoms with E-state index in [2.05, 4.69) is 0 Å². The van der Waals surface area contributed by atoms with Gasteiger partial charge in [-0.2, -0.15) is 0 Å². The second-order valence-electron chi connectivity index (χ2n) is 3.83. The van der Waals surface area contributed by atoms with Gasteiger partial charge >= 0.3 is 5.97 Å². The SMILES string of the molecule is CC1OC(=O)c2c(O)cc(O)cc2C1C. The number of ether oxygens (including phenoxy) is 1. The Morgan fingerprint density at radius 2 is 1.93 bits per heavy atom. The second-order valence-corrected chi connectivity index (χ2v) is 3.83. The van der Waals surface area contributed by atoms with E-state index in [9.17, 15) is 15.0 Å². The molecule has 2 atom stereocenters. The fourth-order valence-corrected chi connectivity index (χ4v) is 1.80. The maximum absolute atomic E-state index is 11.5. The Morgan fingerprint density at radius 1 is 1.27 bits per heavy atom. The van der Waals surface area contributed by atoms with Crippen molar-refractivity contribution in [2.24, 2.45) is 0 Å². The van der Waals surface area contributed by atoms with Crippen molar-refractivity contribution in [2.45, 2.75) is 25.9 Å². The van der Waals surface area contributed by atoms with Crippen LogP contribution in [0, 0.1) is 0 Å². The summed E-state index contributed by atoms with van der Waals surface area (Å²) < 4.78 is 5.07. The number of hydrogen-bond donors (Lipinski definition) is 2. The van der Waals surface area contributed by atoms with E-state index in [-0.39, 0.29) is 29.1 Å². The molecular weight excluding hydrogens is 196 g/mol. The van der Waals surface area contributed by atoms with Crippen molar-refractivity contribution in [1.82, 2.24) is 0 Å². The zero-order valence-corrected chi connectivity index (χ0v) is 8.52. The first kappa shape index (κ1) is 9.83. The summed E-state index contributed by atoms with van der Waals surface area (Å²) in [6, 6.07) is 2.64. The molecule has 1 aromatic carbocycles. The number of carbonyl (C=O) groups excluding carboxylic acids is 1. The molecule has 1 aromatic rings. The summed E-state index contributed by atoms with van der Waals surface area (Å²) in [6.07, 6.45) is -0.244. The Labute approximate surface area is 87.1 Å². The Balaban J connectivity index is 2.65. The van der Waals surface area contributed by atoms with Gasteiger partial charge in [0.1, 0.15) is 23.2 Å². The van der Waals surface area contributed by atoms with Crippen molar-refractivity contribution in [2.75, 3.05) is 0 Å². The first-order chi connectivity index (χ1) is 7.00. The number of phenols is 2. The van der Waals surface area contributed by atoms with Crippen molar-refractivity contribution >= 4 is 5.97 Å². The number of hydrogen-bond acceptors (Lipinski definition) is 4. The summed E-state index contributed by atoms with van der Waals surface area (Å²) >= 11 is 0. The Bertz CT molecular complexity index is 425. The second kappa shape index (κ2) is 3.15. The Kier molecular flexibility index (Phi) is 2.07. The number of carbonyl (C=O) groups is 1. The highest BCUT2D eigenvalue weighted by atomic mass is 16.5. The van der Waals surface area contributed by atoms with Crippen molar-refractivity contribution < 1.29 is 19.7 Å². The fraction of sp³-hybridized carbons (Fsp3) is 0.364. The Hall–Kier alpha value is -1.71. The third kappa shape index (κ3) is 1.42. The minimum Gasteiger partial charge on any atom is -0.508 e. The molecule has 0 fully saturated rings. The summed E-state index contributed by atoms with van der Waals surface area (Å²) in [6.45, 7) is 3.67. The molecule has 0 spiro atoms. The molecule has 0 amide bonds. The van der Waals surface area contributed by atoms with Crippen molar-refractivity contribution in [3.8, 4) is 11.5 Å². The van der Waals surface area contributed by atoms with Gasteiger partial charge < -0.3 is 14.9 Å². The van der Waals surface area contributed by atoms with Gasteiger partial charge in [0.15, 0.2) is 0 Å². The minimum absolute atomic E-state index is 0.0318. The lowest BCUT2D eigenvalue weighted by Gasteiger charge is -2.28. The van der Waals surface area contributed by atoms with Crippen LogP contribution in [0.5, 0.6) is 11.5 Å². The number of esters is 1. The molecule has 4 heteroatoms. The lowest BCUT2D eigenvalue weighted by atomic mass is 9.89. The quantitative estimate of drug-likeness (QED) is 0.637. The molecule has 2 rings (SSSR count). The lowest BCUT2D eigenvalue weighted by Crippen LogP contribution is -2.28. The van der Waals surface area contributed by atoms with Gasteiger partial charge in [-0.05, 0) is 18.6 Å².